The molecule has 1 aliphatic rings. The molecule has 0 saturated carbocycles. The highest BCUT2D eigenvalue weighted by molar-refractivity contribution is 5.76. The third-order valence-corrected chi connectivity index (χ3v) is 5.15. The van der Waals surface area contributed by atoms with Gasteiger partial charge in [-0.3, -0.25) is 14.9 Å². The van der Waals surface area contributed by atoms with Gasteiger partial charge in [0.25, 0.3) is 5.69 Å². The van der Waals surface area contributed by atoms with Crippen LogP contribution in [0.3, 0.4) is 0 Å². The summed E-state index contributed by atoms with van der Waals surface area (Å²) in [5.41, 5.74) is 2.56. The molecule has 0 aliphatic carbocycles. The maximum absolute atomic E-state index is 11.9. The number of hydrogen-bond acceptors (Lipinski definition) is 5. The highest BCUT2D eigenvalue weighted by Gasteiger charge is 2.23. The molecular formula is C21H26N4O3. The second-order valence-electron chi connectivity index (χ2n) is 6.96. The summed E-state index contributed by atoms with van der Waals surface area (Å²) in [6, 6.07) is 15.0. The van der Waals surface area contributed by atoms with Gasteiger partial charge in [-0.05, 0) is 24.6 Å². The summed E-state index contributed by atoms with van der Waals surface area (Å²) in [4.78, 5) is 27.0. The van der Waals surface area contributed by atoms with Crippen molar-refractivity contribution in [3.8, 4) is 0 Å². The van der Waals surface area contributed by atoms with Gasteiger partial charge in [-0.2, -0.15) is 0 Å². The number of hydrogen-bond donors (Lipinski definition) is 1. The molecule has 3 rings (SSSR count). The van der Waals surface area contributed by atoms with Crippen molar-refractivity contribution in [2.75, 3.05) is 36.4 Å². The first-order valence-electron chi connectivity index (χ1n) is 9.62. The predicted octanol–water partition coefficient (Wildman–Crippen LogP) is 3.83. The minimum atomic E-state index is -0.359. The van der Waals surface area contributed by atoms with Gasteiger partial charge in [0.05, 0.1) is 4.92 Å². The summed E-state index contributed by atoms with van der Waals surface area (Å²) in [5, 5.41) is 14.8. The van der Waals surface area contributed by atoms with Crippen LogP contribution >= 0.6 is 0 Å². The number of nitrogens with one attached hydrogen (secondary N) is 1. The van der Waals surface area contributed by atoms with Crippen LogP contribution in [0.1, 0.15) is 31.9 Å². The summed E-state index contributed by atoms with van der Waals surface area (Å²) < 4.78 is 0. The highest BCUT2D eigenvalue weighted by atomic mass is 16.6. The first-order valence-corrected chi connectivity index (χ1v) is 9.62. The molecular weight excluding hydrogens is 356 g/mol. The van der Waals surface area contributed by atoms with Crippen LogP contribution in [0.2, 0.25) is 0 Å². The minimum absolute atomic E-state index is 0.0610. The predicted molar refractivity (Wildman–Crippen MR) is 111 cm³/mol. The number of carbonyl (C=O) groups is 1. The fourth-order valence-corrected chi connectivity index (χ4v) is 3.49. The zero-order valence-electron chi connectivity index (χ0n) is 16.3. The maximum Gasteiger partial charge on any atom is 0.292 e. The van der Waals surface area contributed by atoms with Crippen LogP contribution in [-0.4, -0.2) is 41.9 Å². The lowest BCUT2D eigenvalue weighted by Crippen LogP contribution is -2.48. The van der Waals surface area contributed by atoms with E-state index >= 15 is 0 Å². The van der Waals surface area contributed by atoms with Gasteiger partial charge in [0.15, 0.2) is 0 Å². The Morgan fingerprint density at radius 3 is 2.43 bits per heavy atom. The summed E-state index contributed by atoms with van der Waals surface area (Å²) in [5.74, 6) is 0.169. The van der Waals surface area contributed by atoms with Crippen molar-refractivity contribution in [2.24, 2.45) is 0 Å². The van der Waals surface area contributed by atoms with E-state index in [0.717, 1.165) is 24.3 Å². The first-order chi connectivity index (χ1) is 13.5. The van der Waals surface area contributed by atoms with E-state index in [-0.39, 0.29) is 22.6 Å². The third-order valence-electron chi connectivity index (χ3n) is 5.15. The second kappa shape index (κ2) is 8.73. The van der Waals surface area contributed by atoms with Crippen LogP contribution in [0.4, 0.5) is 17.1 Å². The first kappa shape index (κ1) is 19.7. The standard InChI is InChI=1S/C21H26N4O3/c1-3-21(26)24-13-11-23(12-14-24)18-9-10-20(25(27)28)19(15-18)22-16(2)17-7-5-4-6-8-17/h4-10,15-16,22H,3,11-14H2,1-2H3/t16-/m1/s1. The molecule has 7 nitrogen and oxygen atoms in total. The van der Waals surface area contributed by atoms with Crippen LogP contribution in [0.15, 0.2) is 48.5 Å². The normalized spacial score (nSPS) is 15.2. The molecule has 1 heterocycles. The number of nitro groups is 1. The van der Waals surface area contributed by atoms with Crippen molar-refractivity contribution >= 4 is 23.0 Å². The maximum atomic E-state index is 11.9. The van der Waals surface area contributed by atoms with E-state index < -0.39 is 0 Å². The lowest BCUT2D eigenvalue weighted by Gasteiger charge is -2.36. The molecule has 148 valence electrons. The molecule has 1 fully saturated rings. The van der Waals surface area contributed by atoms with Crippen LogP contribution in [0, 0.1) is 10.1 Å². The molecule has 0 unspecified atom stereocenters. The molecule has 0 spiro atoms. The Bertz CT molecular complexity index is 833. The van der Waals surface area contributed by atoms with Crippen LogP contribution in [0.5, 0.6) is 0 Å². The van der Waals surface area contributed by atoms with E-state index in [9.17, 15) is 14.9 Å². The van der Waals surface area contributed by atoms with E-state index in [2.05, 4.69) is 10.2 Å². The molecule has 1 atom stereocenters. The average molecular weight is 382 g/mol. The lowest BCUT2D eigenvalue weighted by molar-refractivity contribution is -0.384. The average Bonchev–Trinajstić information content (AvgIpc) is 2.73. The summed E-state index contributed by atoms with van der Waals surface area (Å²) >= 11 is 0. The van der Waals surface area contributed by atoms with E-state index in [4.69, 9.17) is 0 Å². The topological polar surface area (TPSA) is 78.7 Å². The van der Waals surface area contributed by atoms with Crippen LogP contribution in [0.25, 0.3) is 0 Å². The number of amides is 1. The number of benzene rings is 2. The molecule has 2 aromatic rings. The molecule has 0 aromatic heterocycles. The van der Waals surface area contributed by atoms with Crippen molar-refractivity contribution in [3.05, 3.63) is 64.2 Å². The second-order valence-corrected chi connectivity index (χ2v) is 6.96. The number of rotatable bonds is 6. The van der Waals surface area contributed by atoms with Gasteiger partial charge in [0.2, 0.25) is 5.91 Å². The lowest BCUT2D eigenvalue weighted by atomic mass is 10.1. The monoisotopic (exact) mass is 382 g/mol. The zero-order chi connectivity index (χ0) is 20.1. The molecule has 1 aliphatic heterocycles. The zero-order valence-corrected chi connectivity index (χ0v) is 16.3. The SMILES string of the molecule is CCC(=O)N1CCN(c2ccc([N+](=O)[O-])c(N[C@H](C)c3ccccc3)c2)CC1. The van der Waals surface area contributed by atoms with E-state index in [1.807, 2.05) is 55.1 Å². The van der Waals surface area contributed by atoms with Gasteiger partial charge in [-0.15, -0.1) is 0 Å². The van der Waals surface area contributed by atoms with Crippen molar-refractivity contribution in [2.45, 2.75) is 26.3 Å². The molecule has 0 radical (unpaired) electrons. The number of nitro benzene ring substituents is 1. The van der Waals surface area contributed by atoms with Crippen LogP contribution in [-0.2, 0) is 4.79 Å². The smallest absolute Gasteiger partial charge is 0.292 e. The Morgan fingerprint density at radius 2 is 1.82 bits per heavy atom. The fraction of sp³-hybridized carbons (Fsp3) is 0.381. The Morgan fingerprint density at radius 1 is 1.14 bits per heavy atom. The van der Waals surface area contributed by atoms with Gasteiger partial charge < -0.3 is 15.1 Å². The van der Waals surface area contributed by atoms with Crippen molar-refractivity contribution in [1.29, 1.82) is 0 Å². The van der Waals surface area contributed by atoms with Gasteiger partial charge in [-0.1, -0.05) is 37.3 Å². The molecule has 28 heavy (non-hydrogen) atoms. The molecule has 2 aromatic carbocycles. The van der Waals surface area contributed by atoms with Gasteiger partial charge >= 0.3 is 0 Å². The van der Waals surface area contributed by atoms with Gasteiger partial charge in [0, 0.05) is 50.4 Å². The van der Waals surface area contributed by atoms with Crippen molar-refractivity contribution < 1.29 is 9.72 Å². The van der Waals surface area contributed by atoms with Crippen LogP contribution < -0.4 is 10.2 Å². The largest absolute Gasteiger partial charge is 0.373 e. The van der Waals surface area contributed by atoms with E-state index in [1.54, 1.807) is 12.1 Å². The molecule has 1 amide bonds. The molecule has 1 saturated heterocycles. The third kappa shape index (κ3) is 4.42. The number of carbonyl (C=O) groups excluding carboxylic acids is 1. The number of nitrogens with zero attached hydrogens (tertiary/aromatic N) is 3. The van der Waals surface area contributed by atoms with Crippen molar-refractivity contribution in [3.63, 3.8) is 0 Å². The Labute approximate surface area is 165 Å². The van der Waals surface area contributed by atoms with E-state index in [0.29, 0.717) is 25.2 Å². The Balaban J connectivity index is 1.78. The highest BCUT2D eigenvalue weighted by Crippen LogP contribution is 2.32. The van der Waals surface area contributed by atoms with Gasteiger partial charge in [-0.25, -0.2) is 0 Å². The molecule has 1 N–H and O–H groups in total. The fourth-order valence-electron chi connectivity index (χ4n) is 3.49. The molecule has 7 heteroatoms. The quantitative estimate of drug-likeness (QED) is 0.607. The Kier molecular flexibility index (Phi) is 6.13. The van der Waals surface area contributed by atoms with Gasteiger partial charge in [0.1, 0.15) is 5.69 Å². The summed E-state index contributed by atoms with van der Waals surface area (Å²) in [6.45, 7) is 6.64. The van der Waals surface area contributed by atoms with E-state index in [1.165, 1.54) is 0 Å². The van der Waals surface area contributed by atoms with Crippen molar-refractivity contribution in [1.82, 2.24) is 4.90 Å². The Hall–Kier alpha value is -3.09. The number of anilines is 2. The summed E-state index contributed by atoms with van der Waals surface area (Å²) in [6.07, 6.45) is 0.517. The summed E-state index contributed by atoms with van der Waals surface area (Å²) in [7, 11) is 0. The number of piperazine rings is 1. The molecule has 0 bridgehead atoms. The minimum Gasteiger partial charge on any atom is -0.373 e.